The quantitative estimate of drug-likeness (QED) is 0.505. The molecule has 0 saturated carbocycles. The lowest BCUT2D eigenvalue weighted by Gasteiger charge is -2.06. The second-order valence-corrected chi connectivity index (χ2v) is 6.07. The van der Waals surface area contributed by atoms with Gasteiger partial charge in [0.1, 0.15) is 5.71 Å². The van der Waals surface area contributed by atoms with Gasteiger partial charge in [0.25, 0.3) is 5.91 Å². The van der Waals surface area contributed by atoms with Crippen molar-refractivity contribution in [2.45, 2.75) is 20.3 Å². The van der Waals surface area contributed by atoms with Crippen molar-refractivity contribution >= 4 is 23.7 Å². The van der Waals surface area contributed by atoms with E-state index < -0.39 is 17.7 Å². The zero-order chi connectivity index (χ0) is 19.4. The maximum absolute atomic E-state index is 12.2. The van der Waals surface area contributed by atoms with E-state index in [2.05, 4.69) is 26.2 Å². The average Bonchev–Trinajstić information content (AvgIpc) is 3.17. The summed E-state index contributed by atoms with van der Waals surface area (Å²) < 4.78 is 1.80. The van der Waals surface area contributed by atoms with E-state index in [-0.39, 0.29) is 18.7 Å². The Bertz CT molecular complexity index is 917. The third-order valence-electron chi connectivity index (χ3n) is 4.29. The van der Waals surface area contributed by atoms with E-state index in [1.807, 2.05) is 44.2 Å². The lowest BCUT2D eigenvalue weighted by molar-refractivity contribution is -0.123. The predicted octanol–water partition coefficient (Wildman–Crippen LogP) is 0.424. The molecule has 0 aliphatic carbocycles. The third kappa shape index (κ3) is 3.77. The average molecular weight is 368 g/mol. The fourth-order valence-electron chi connectivity index (χ4n) is 2.88. The second kappa shape index (κ2) is 7.92. The van der Waals surface area contributed by atoms with Gasteiger partial charge in [-0.2, -0.15) is 15.3 Å². The standard InChI is InChI=1S/C18H20N6O3/c1-11-15(12(2)24(23-11)13-6-4-3-5-7-13)10-19-21-18(27)16-14(8-9-25)17(26)22-20-16/h3-7,10,14,25H,8-9H2,1-2H3,(H,21,27)(H,22,26)/b19-10+. The zero-order valence-corrected chi connectivity index (χ0v) is 15.0. The monoisotopic (exact) mass is 368 g/mol. The van der Waals surface area contributed by atoms with E-state index >= 15 is 0 Å². The number of aryl methyl sites for hydroxylation is 1. The van der Waals surface area contributed by atoms with E-state index in [0.29, 0.717) is 0 Å². The molecule has 1 aliphatic heterocycles. The molecular formula is C18H20N6O3. The lowest BCUT2D eigenvalue weighted by Crippen LogP contribution is -2.34. The SMILES string of the molecule is Cc1nn(-c2ccccc2)c(C)c1/C=N/NC(=O)C1=NNC(=O)C1CCO. The molecule has 9 heteroatoms. The number of aliphatic hydroxyl groups is 1. The molecule has 0 bridgehead atoms. The molecule has 27 heavy (non-hydrogen) atoms. The summed E-state index contributed by atoms with van der Waals surface area (Å²) in [5.41, 5.74) is 7.99. The van der Waals surface area contributed by atoms with E-state index in [0.717, 1.165) is 22.6 Å². The van der Waals surface area contributed by atoms with Crippen LogP contribution in [-0.4, -0.2) is 45.2 Å². The molecule has 3 N–H and O–H groups in total. The van der Waals surface area contributed by atoms with Crippen LogP contribution in [0.1, 0.15) is 23.4 Å². The molecule has 140 valence electrons. The van der Waals surface area contributed by atoms with Gasteiger partial charge in [-0.3, -0.25) is 9.59 Å². The van der Waals surface area contributed by atoms with Gasteiger partial charge in [-0.1, -0.05) is 18.2 Å². The summed E-state index contributed by atoms with van der Waals surface area (Å²) in [5, 5.41) is 21.2. The topological polar surface area (TPSA) is 121 Å². The Kier molecular flexibility index (Phi) is 5.41. The summed E-state index contributed by atoms with van der Waals surface area (Å²) in [6.45, 7) is 3.55. The van der Waals surface area contributed by atoms with Gasteiger partial charge in [0.15, 0.2) is 0 Å². The van der Waals surface area contributed by atoms with Crippen LogP contribution in [0.2, 0.25) is 0 Å². The third-order valence-corrected chi connectivity index (χ3v) is 4.29. The first-order valence-corrected chi connectivity index (χ1v) is 8.46. The Hall–Kier alpha value is -3.33. The van der Waals surface area contributed by atoms with Crippen molar-refractivity contribution in [2.24, 2.45) is 16.1 Å². The molecule has 1 aromatic carbocycles. The number of nitrogens with zero attached hydrogens (tertiary/aromatic N) is 4. The first kappa shape index (κ1) is 18.5. The molecular weight excluding hydrogens is 348 g/mol. The number of para-hydroxylation sites is 1. The molecule has 0 fully saturated rings. The lowest BCUT2D eigenvalue weighted by atomic mass is 10.00. The summed E-state index contributed by atoms with van der Waals surface area (Å²) in [6.07, 6.45) is 1.64. The number of carbonyl (C=O) groups is 2. The molecule has 2 aromatic rings. The van der Waals surface area contributed by atoms with Crippen LogP contribution in [0.3, 0.4) is 0 Å². The first-order valence-electron chi connectivity index (χ1n) is 8.46. The van der Waals surface area contributed by atoms with E-state index in [9.17, 15) is 9.59 Å². The van der Waals surface area contributed by atoms with Crippen molar-refractivity contribution in [3.05, 3.63) is 47.3 Å². The van der Waals surface area contributed by atoms with Crippen molar-refractivity contribution in [1.82, 2.24) is 20.6 Å². The number of hydrazone groups is 2. The molecule has 0 spiro atoms. The number of benzene rings is 1. The highest BCUT2D eigenvalue weighted by Gasteiger charge is 2.33. The van der Waals surface area contributed by atoms with Gasteiger partial charge >= 0.3 is 0 Å². The van der Waals surface area contributed by atoms with Crippen LogP contribution < -0.4 is 10.9 Å². The number of amides is 2. The van der Waals surface area contributed by atoms with Crippen molar-refractivity contribution in [2.75, 3.05) is 6.61 Å². The van der Waals surface area contributed by atoms with E-state index in [1.165, 1.54) is 6.21 Å². The maximum Gasteiger partial charge on any atom is 0.288 e. The molecule has 0 radical (unpaired) electrons. The predicted molar refractivity (Wildman–Crippen MR) is 99.5 cm³/mol. The van der Waals surface area contributed by atoms with Crippen molar-refractivity contribution in [3.8, 4) is 5.69 Å². The van der Waals surface area contributed by atoms with Crippen LogP contribution in [-0.2, 0) is 9.59 Å². The number of aliphatic hydroxyl groups excluding tert-OH is 1. The zero-order valence-electron chi connectivity index (χ0n) is 15.0. The molecule has 1 aliphatic rings. The highest BCUT2D eigenvalue weighted by Crippen LogP contribution is 2.16. The molecule has 2 heterocycles. The number of nitrogens with one attached hydrogen (secondary N) is 2. The minimum Gasteiger partial charge on any atom is -0.396 e. The summed E-state index contributed by atoms with van der Waals surface area (Å²) >= 11 is 0. The van der Waals surface area contributed by atoms with Crippen LogP contribution >= 0.6 is 0 Å². The van der Waals surface area contributed by atoms with Gasteiger partial charge in [0.2, 0.25) is 5.91 Å². The number of hydrogen-bond donors (Lipinski definition) is 3. The van der Waals surface area contributed by atoms with E-state index in [1.54, 1.807) is 4.68 Å². The van der Waals surface area contributed by atoms with Crippen molar-refractivity contribution < 1.29 is 14.7 Å². The van der Waals surface area contributed by atoms with Gasteiger partial charge in [-0.05, 0) is 32.4 Å². The Morgan fingerprint density at radius 2 is 2.11 bits per heavy atom. The minimum atomic E-state index is -0.769. The Balaban J connectivity index is 1.73. The molecule has 2 amide bonds. The van der Waals surface area contributed by atoms with Gasteiger partial charge in [-0.15, -0.1) is 0 Å². The van der Waals surface area contributed by atoms with Gasteiger partial charge in [-0.25, -0.2) is 15.5 Å². The number of carbonyl (C=O) groups excluding carboxylic acids is 2. The molecule has 1 unspecified atom stereocenters. The fraction of sp³-hybridized carbons (Fsp3) is 0.278. The number of rotatable bonds is 6. The summed E-state index contributed by atoms with van der Waals surface area (Å²) in [7, 11) is 0. The smallest absolute Gasteiger partial charge is 0.288 e. The highest BCUT2D eigenvalue weighted by atomic mass is 16.3. The second-order valence-electron chi connectivity index (χ2n) is 6.07. The Morgan fingerprint density at radius 1 is 1.37 bits per heavy atom. The fourth-order valence-corrected chi connectivity index (χ4v) is 2.88. The van der Waals surface area contributed by atoms with Gasteiger partial charge in [0, 0.05) is 12.2 Å². The molecule has 3 rings (SSSR count). The van der Waals surface area contributed by atoms with Crippen LogP contribution in [0.25, 0.3) is 5.69 Å². The Morgan fingerprint density at radius 3 is 2.81 bits per heavy atom. The first-order chi connectivity index (χ1) is 13.0. The van der Waals surface area contributed by atoms with Crippen LogP contribution in [0.15, 0.2) is 40.5 Å². The molecule has 1 atom stereocenters. The Labute approximate surface area is 155 Å². The maximum atomic E-state index is 12.2. The van der Waals surface area contributed by atoms with Crippen molar-refractivity contribution in [1.29, 1.82) is 0 Å². The van der Waals surface area contributed by atoms with Crippen LogP contribution in [0.4, 0.5) is 0 Å². The number of aromatic nitrogens is 2. The van der Waals surface area contributed by atoms with Gasteiger partial charge < -0.3 is 5.11 Å². The summed E-state index contributed by atoms with van der Waals surface area (Å²) in [4.78, 5) is 23.8. The van der Waals surface area contributed by atoms with Crippen LogP contribution in [0, 0.1) is 19.8 Å². The van der Waals surface area contributed by atoms with Crippen LogP contribution in [0.5, 0.6) is 0 Å². The molecule has 1 aromatic heterocycles. The molecule has 0 saturated heterocycles. The minimum absolute atomic E-state index is 0.0135. The number of hydrogen-bond acceptors (Lipinski definition) is 6. The van der Waals surface area contributed by atoms with Gasteiger partial charge in [0.05, 0.1) is 29.2 Å². The van der Waals surface area contributed by atoms with Crippen molar-refractivity contribution in [3.63, 3.8) is 0 Å². The molecule has 9 nitrogen and oxygen atoms in total. The van der Waals surface area contributed by atoms with E-state index in [4.69, 9.17) is 5.11 Å². The highest BCUT2D eigenvalue weighted by molar-refractivity contribution is 6.44. The normalized spacial score (nSPS) is 16.5. The summed E-state index contributed by atoms with van der Waals surface area (Å²) in [5.74, 6) is -1.77. The largest absolute Gasteiger partial charge is 0.396 e. The summed E-state index contributed by atoms with van der Waals surface area (Å²) in [6, 6.07) is 9.69.